The molecule has 0 aliphatic carbocycles. The van der Waals surface area contributed by atoms with E-state index in [4.69, 9.17) is 16.1 Å². The number of aryl methyl sites for hydroxylation is 1. The van der Waals surface area contributed by atoms with Gasteiger partial charge in [0.2, 0.25) is 11.7 Å². The van der Waals surface area contributed by atoms with Crippen molar-refractivity contribution in [1.29, 1.82) is 0 Å². The zero-order valence-electron chi connectivity index (χ0n) is 12.2. The van der Waals surface area contributed by atoms with E-state index in [1.807, 2.05) is 12.1 Å². The lowest BCUT2D eigenvalue weighted by Crippen LogP contribution is -1.99. The number of nitrogens with zero attached hydrogens (tertiary/aromatic N) is 2. The molecule has 0 fully saturated rings. The van der Waals surface area contributed by atoms with Crippen LogP contribution < -0.4 is 5.32 Å². The summed E-state index contributed by atoms with van der Waals surface area (Å²) in [4.78, 5) is 4.38. The molecule has 112 valence electrons. The summed E-state index contributed by atoms with van der Waals surface area (Å²) >= 11 is 5.87. The van der Waals surface area contributed by atoms with Gasteiger partial charge in [0.05, 0.1) is 6.54 Å². The van der Waals surface area contributed by atoms with Gasteiger partial charge in [-0.15, -0.1) is 0 Å². The predicted molar refractivity (Wildman–Crippen MR) is 87.9 cm³/mol. The molecule has 0 saturated heterocycles. The van der Waals surface area contributed by atoms with Crippen molar-refractivity contribution in [1.82, 2.24) is 10.1 Å². The van der Waals surface area contributed by atoms with Gasteiger partial charge >= 0.3 is 0 Å². The third-order valence-electron chi connectivity index (χ3n) is 3.38. The summed E-state index contributed by atoms with van der Waals surface area (Å²) < 4.78 is 5.26. The van der Waals surface area contributed by atoms with Crippen LogP contribution in [0.5, 0.6) is 0 Å². The van der Waals surface area contributed by atoms with E-state index in [0.29, 0.717) is 23.3 Å². The summed E-state index contributed by atoms with van der Waals surface area (Å²) in [5.74, 6) is 1.11. The van der Waals surface area contributed by atoms with Crippen LogP contribution in [0.4, 0.5) is 5.69 Å². The highest BCUT2D eigenvalue weighted by molar-refractivity contribution is 6.30. The number of nitrogens with one attached hydrogen (secondary N) is 1. The fraction of sp³-hybridized carbons (Fsp3) is 0.176. The van der Waals surface area contributed by atoms with E-state index < -0.39 is 0 Å². The first-order valence-corrected chi connectivity index (χ1v) is 7.53. The second kappa shape index (κ2) is 6.62. The van der Waals surface area contributed by atoms with Crippen LogP contribution in [0.25, 0.3) is 11.4 Å². The molecule has 5 heteroatoms. The van der Waals surface area contributed by atoms with E-state index in [0.717, 1.165) is 17.7 Å². The minimum Gasteiger partial charge on any atom is -0.376 e. The topological polar surface area (TPSA) is 51.0 Å². The Morgan fingerprint density at radius 2 is 1.77 bits per heavy atom. The molecule has 2 aromatic carbocycles. The molecule has 0 bridgehead atoms. The summed E-state index contributed by atoms with van der Waals surface area (Å²) in [6.07, 6.45) is 1.04. The molecule has 1 aromatic heterocycles. The van der Waals surface area contributed by atoms with Crippen molar-refractivity contribution >= 4 is 17.3 Å². The van der Waals surface area contributed by atoms with E-state index in [9.17, 15) is 0 Å². The predicted octanol–water partition coefficient (Wildman–Crippen LogP) is 4.56. The first-order valence-electron chi connectivity index (χ1n) is 7.16. The maximum atomic E-state index is 5.87. The highest BCUT2D eigenvalue weighted by Gasteiger charge is 2.08. The minimum absolute atomic E-state index is 0.492. The highest BCUT2D eigenvalue weighted by Crippen LogP contribution is 2.19. The van der Waals surface area contributed by atoms with Gasteiger partial charge in [-0.2, -0.15) is 4.98 Å². The molecule has 0 spiro atoms. The lowest BCUT2D eigenvalue weighted by Gasteiger charge is -2.03. The van der Waals surface area contributed by atoms with Crippen molar-refractivity contribution in [3.63, 3.8) is 0 Å². The molecule has 0 unspecified atom stereocenters. The van der Waals surface area contributed by atoms with Crippen molar-refractivity contribution in [3.05, 3.63) is 65.0 Å². The number of halogens is 1. The largest absolute Gasteiger partial charge is 0.376 e. The maximum Gasteiger partial charge on any atom is 0.246 e. The van der Waals surface area contributed by atoms with Crippen molar-refractivity contribution in [2.24, 2.45) is 0 Å². The summed E-state index contributed by atoms with van der Waals surface area (Å²) in [7, 11) is 0. The summed E-state index contributed by atoms with van der Waals surface area (Å²) in [5, 5.41) is 7.94. The van der Waals surface area contributed by atoms with E-state index in [2.05, 4.69) is 46.6 Å². The Morgan fingerprint density at radius 1 is 1.05 bits per heavy atom. The molecule has 0 aliphatic heterocycles. The van der Waals surface area contributed by atoms with E-state index in [-0.39, 0.29) is 0 Å². The van der Waals surface area contributed by atoms with Crippen LogP contribution in [0.15, 0.2) is 53.1 Å². The quantitative estimate of drug-likeness (QED) is 0.750. The SMILES string of the molecule is CCc1ccc(NCc2nc(-c3ccc(Cl)cc3)no2)cc1. The molecule has 0 radical (unpaired) electrons. The van der Waals surface area contributed by atoms with Gasteiger partial charge in [-0.05, 0) is 48.4 Å². The molecule has 1 heterocycles. The average Bonchev–Trinajstić information content (AvgIpc) is 3.03. The number of hydrogen-bond donors (Lipinski definition) is 1. The number of hydrogen-bond acceptors (Lipinski definition) is 4. The van der Waals surface area contributed by atoms with Gasteiger partial charge in [-0.3, -0.25) is 0 Å². The maximum absolute atomic E-state index is 5.87. The van der Waals surface area contributed by atoms with Gasteiger partial charge in [0.15, 0.2) is 0 Å². The lowest BCUT2D eigenvalue weighted by atomic mass is 10.1. The van der Waals surface area contributed by atoms with E-state index in [1.54, 1.807) is 12.1 Å². The Labute approximate surface area is 134 Å². The lowest BCUT2D eigenvalue weighted by molar-refractivity contribution is 0.384. The first kappa shape index (κ1) is 14.6. The van der Waals surface area contributed by atoms with Crippen LogP contribution in [0, 0.1) is 0 Å². The summed E-state index contributed by atoms with van der Waals surface area (Å²) in [6.45, 7) is 2.63. The molecule has 3 aromatic rings. The fourth-order valence-corrected chi connectivity index (χ4v) is 2.20. The third-order valence-corrected chi connectivity index (χ3v) is 3.63. The average molecular weight is 314 g/mol. The van der Waals surface area contributed by atoms with Gasteiger partial charge in [0.25, 0.3) is 0 Å². The fourth-order valence-electron chi connectivity index (χ4n) is 2.08. The standard InChI is InChI=1S/C17H16ClN3O/c1-2-12-3-9-15(10-4-12)19-11-16-20-17(21-22-16)13-5-7-14(18)8-6-13/h3-10,19H,2,11H2,1H3. The van der Waals surface area contributed by atoms with E-state index >= 15 is 0 Å². The Balaban J connectivity index is 1.65. The molecular weight excluding hydrogens is 298 g/mol. The van der Waals surface area contributed by atoms with E-state index in [1.165, 1.54) is 5.56 Å². The Bertz CT molecular complexity index is 735. The van der Waals surface area contributed by atoms with Crippen molar-refractivity contribution in [2.45, 2.75) is 19.9 Å². The van der Waals surface area contributed by atoms with Crippen LogP contribution in [0.3, 0.4) is 0 Å². The van der Waals surface area contributed by atoms with Crippen molar-refractivity contribution in [2.75, 3.05) is 5.32 Å². The number of aromatic nitrogens is 2. The molecule has 4 nitrogen and oxygen atoms in total. The second-order valence-corrected chi connectivity index (χ2v) is 5.36. The van der Waals surface area contributed by atoms with Crippen LogP contribution in [-0.2, 0) is 13.0 Å². The van der Waals surface area contributed by atoms with Gasteiger partial charge < -0.3 is 9.84 Å². The molecule has 22 heavy (non-hydrogen) atoms. The van der Waals surface area contributed by atoms with Gasteiger partial charge in [0, 0.05) is 16.3 Å². The molecule has 3 rings (SSSR count). The Morgan fingerprint density at radius 3 is 2.45 bits per heavy atom. The van der Waals surface area contributed by atoms with Crippen molar-refractivity contribution in [3.8, 4) is 11.4 Å². The van der Waals surface area contributed by atoms with Crippen molar-refractivity contribution < 1.29 is 4.52 Å². The summed E-state index contributed by atoms with van der Waals surface area (Å²) in [6, 6.07) is 15.7. The number of anilines is 1. The van der Waals surface area contributed by atoms with Crippen LogP contribution in [0.2, 0.25) is 5.02 Å². The Kier molecular flexibility index (Phi) is 4.39. The molecule has 0 aliphatic rings. The first-order chi connectivity index (χ1) is 10.7. The Hall–Kier alpha value is -2.33. The minimum atomic E-state index is 0.492. The second-order valence-electron chi connectivity index (χ2n) is 4.92. The van der Waals surface area contributed by atoms with Gasteiger partial charge in [-0.25, -0.2) is 0 Å². The molecule has 0 atom stereocenters. The molecular formula is C17H16ClN3O. The summed E-state index contributed by atoms with van der Waals surface area (Å²) in [5.41, 5.74) is 3.23. The molecule has 0 saturated carbocycles. The van der Waals surface area contributed by atoms with Crippen LogP contribution in [-0.4, -0.2) is 10.1 Å². The number of benzene rings is 2. The van der Waals surface area contributed by atoms with Crippen LogP contribution >= 0.6 is 11.6 Å². The highest BCUT2D eigenvalue weighted by atomic mass is 35.5. The smallest absolute Gasteiger partial charge is 0.246 e. The van der Waals surface area contributed by atoms with Crippen LogP contribution in [0.1, 0.15) is 18.4 Å². The molecule has 0 amide bonds. The van der Waals surface area contributed by atoms with Gasteiger partial charge in [0.1, 0.15) is 0 Å². The van der Waals surface area contributed by atoms with Gasteiger partial charge in [-0.1, -0.05) is 35.8 Å². The normalized spacial score (nSPS) is 10.6. The third kappa shape index (κ3) is 3.46. The zero-order chi connectivity index (χ0) is 15.4. The monoisotopic (exact) mass is 313 g/mol. The number of rotatable bonds is 5. The zero-order valence-corrected chi connectivity index (χ0v) is 13.0. The molecule has 1 N–H and O–H groups in total.